The van der Waals surface area contributed by atoms with Crippen molar-refractivity contribution in [1.29, 1.82) is 0 Å². The van der Waals surface area contributed by atoms with Crippen molar-refractivity contribution in [3.05, 3.63) is 41.0 Å². The minimum Gasteiger partial charge on any atom is -0.318 e. The third-order valence-electron chi connectivity index (χ3n) is 4.34. The van der Waals surface area contributed by atoms with Crippen LogP contribution in [0.5, 0.6) is 0 Å². The van der Waals surface area contributed by atoms with Crippen LogP contribution in [0.3, 0.4) is 0 Å². The van der Waals surface area contributed by atoms with Crippen molar-refractivity contribution >= 4 is 11.6 Å². The van der Waals surface area contributed by atoms with Crippen LogP contribution in [0.2, 0.25) is 0 Å². The molecule has 1 amide bonds. The quantitative estimate of drug-likeness (QED) is 0.814. The molecule has 2 aromatic rings. The van der Waals surface area contributed by atoms with E-state index < -0.39 is 29.2 Å². The topological polar surface area (TPSA) is 71.8 Å². The predicted octanol–water partition coefficient (Wildman–Crippen LogP) is 2.92. The molecule has 140 valence electrons. The van der Waals surface area contributed by atoms with Gasteiger partial charge in [-0.25, -0.2) is 9.07 Å². The lowest BCUT2D eigenvalue weighted by Gasteiger charge is -2.23. The number of hydrogen-bond acceptors (Lipinski definition) is 4. The van der Waals surface area contributed by atoms with Crippen LogP contribution in [0.1, 0.15) is 40.6 Å². The highest BCUT2D eigenvalue weighted by atomic mass is 19.4. The van der Waals surface area contributed by atoms with E-state index in [-0.39, 0.29) is 11.7 Å². The van der Waals surface area contributed by atoms with E-state index in [2.05, 4.69) is 20.9 Å². The summed E-state index contributed by atoms with van der Waals surface area (Å²) in [5.41, 5.74) is -1.16. The van der Waals surface area contributed by atoms with Gasteiger partial charge in [0.2, 0.25) is 0 Å². The van der Waals surface area contributed by atoms with E-state index in [9.17, 15) is 22.4 Å². The molecule has 1 aliphatic rings. The Labute approximate surface area is 146 Å². The summed E-state index contributed by atoms with van der Waals surface area (Å²) in [6.07, 6.45) is -2.98. The summed E-state index contributed by atoms with van der Waals surface area (Å²) < 4.78 is 53.7. The number of piperidine rings is 1. The Balaban J connectivity index is 1.82. The third kappa shape index (κ3) is 3.69. The van der Waals surface area contributed by atoms with Gasteiger partial charge in [0, 0.05) is 0 Å². The van der Waals surface area contributed by atoms with Crippen LogP contribution >= 0.6 is 0 Å². The number of benzene rings is 1. The van der Waals surface area contributed by atoms with E-state index in [1.165, 1.54) is 0 Å². The standard InChI is InChI=1S/C16H17F4N5O/c1-9-14(23-24-25(9)11-4-6-21-7-5-11)15(26)22-13-8-10(16(18,19)20)2-3-12(13)17/h2-3,8,11,21H,4-7H2,1H3,(H,22,26). The zero-order valence-electron chi connectivity index (χ0n) is 13.9. The molecule has 0 unspecified atom stereocenters. The smallest absolute Gasteiger partial charge is 0.318 e. The largest absolute Gasteiger partial charge is 0.416 e. The molecule has 1 fully saturated rings. The monoisotopic (exact) mass is 371 g/mol. The molecule has 1 aromatic carbocycles. The molecule has 0 saturated carbocycles. The normalized spacial score (nSPS) is 15.9. The van der Waals surface area contributed by atoms with Gasteiger partial charge in [0.15, 0.2) is 5.69 Å². The van der Waals surface area contributed by atoms with E-state index in [0.29, 0.717) is 23.9 Å². The van der Waals surface area contributed by atoms with Crippen molar-refractivity contribution in [2.24, 2.45) is 0 Å². The highest BCUT2D eigenvalue weighted by molar-refractivity contribution is 6.03. The lowest BCUT2D eigenvalue weighted by Crippen LogP contribution is -2.30. The summed E-state index contributed by atoms with van der Waals surface area (Å²) in [6.45, 7) is 3.29. The van der Waals surface area contributed by atoms with E-state index in [1.54, 1.807) is 11.6 Å². The van der Waals surface area contributed by atoms with Gasteiger partial charge < -0.3 is 10.6 Å². The van der Waals surface area contributed by atoms with Crippen LogP contribution in [0, 0.1) is 12.7 Å². The Hall–Kier alpha value is -2.49. The van der Waals surface area contributed by atoms with Crippen LogP contribution in [0.4, 0.5) is 23.2 Å². The zero-order valence-corrected chi connectivity index (χ0v) is 13.9. The number of rotatable bonds is 3. The minimum absolute atomic E-state index is 0.0413. The SMILES string of the molecule is Cc1c(C(=O)Nc2cc(C(F)(F)F)ccc2F)nnn1C1CCNCC1. The maximum absolute atomic E-state index is 13.8. The first-order chi connectivity index (χ1) is 12.3. The average molecular weight is 371 g/mol. The fourth-order valence-corrected chi connectivity index (χ4v) is 2.93. The van der Waals surface area contributed by atoms with E-state index in [4.69, 9.17) is 0 Å². The number of anilines is 1. The van der Waals surface area contributed by atoms with Gasteiger partial charge in [0.25, 0.3) is 5.91 Å². The average Bonchev–Trinajstić information content (AvgIpc) is 2.98. The van der Waals surface area contributed by atoms with Gasteiger partial charge in [0.1, 0.15) is 5.82 Å². The molecular weight excluding hydrogens is 354 g/mol. The summed E-state index contributed by atoms with van der Waals surface area (Å²) in [4.78, 5) is 12.4. The number of alkyl halides is 3. The second kappa shape index (κ2) is 7.02. The molecule has 0 radical (unpaired) electrons. The summed E-state index contributed by atoms with van der Waals surface area (Å²) in [6, 6.07) is 1.93. The molecule has 0 aliphatic carbocycles. The van der Waals surface area contributed by atoms with E-state index in [0.717, 1.165) is 25.9 Å². The lowest BCUT2D eigenvalue weighted by molar-refractivity contribution is -0.137. The Kier molecular flexibility index (Phi) is 4.94. The van der Waals surface area contributed by atoms with Crippen LogP contribution in [-0.2, 0) is 6.18 Å². The first-order valence-corrected chi connectivity index (χ1v) is 8.08. The number of carbonyl (C=O) groups excluding carboxylic acids is 1. The van der Waals surface area contributed by atoms with Gasteiger partial charge >= 0.3 is 6.18 Å². The molecule has 1 saturated heterocycles. The fourth-order valence-electron chi connectivity index (χ4n) is 2.93. The van der Waals surface area contributed by atoms with Gasteiger partial charge in [-0.3, -0.25) is 4.79 Å². The van der Waals surface area contributed by atoms with E-state index >= 15 is 0 Å². The molecule has 0 bridgehead atoms. The first kappa shape index (κ1) is 18.3. The van der Waals surface area contributed by atoms with Crippen LogP contribution in [-0.4, -0.2) is 34.0 Å². The number of nitrogens with one attached hydrogen (secondary N) is 2. The molecule has 2 heterocycles. The van der Waals surface area contributed by atoms with Gasteiger partial charge in [0.05, 0.1) is 23.0 Å². The third-order valence-corrected chi connectivity index (χ3v) is 4.34. The van der Waals surface area contributed by atoms with Crippen LogP contribution < -0.4 is 10.6 Å². The van der Waals surface area contributed by atoms with Crippen molar-refractivity contribution in [3.63, 3.8) is 0 Å². The molecule has 1 aromatic heterocycles. The molecule has 26 heavy (non-hydrogen) atoms. The van der Waals surface area contributed by atoms with Gasteiger partial charge in [-0.2, -0.15) is 13.2 Å². The number of amides is 1. The highest BCUT2D eigenvalue weighted by Crippen LogP contribution is 2.32. The van der Waals surface area contributed by atoms with Crippen molar-refractivity contribution < 1.29 is 22.4 Å². The minimum atomic E-state index is -4.64. The Morgan fingerprint density at radius 3 is 2.65 bits per heavy atom. The van der Waals surface area contributed by atoms with Crippen molar-refractivity contribution in [2.45, 2.75) is 32.0 Å². The Bertz CT molecular complexity index is 811. The van der Waals surface area contributed by atoms with Gasteiger partial charge in [-0.1, -0.05) is 5.21 Å². The molecule has 6 nitrogen and oxygen atoms in total. The maximum atomic E-state index is 13.8. The summed E-state index contributed by atoms with van der Waals surface area (Å²) in [5.74, 6) is -1.77. The maximum Gasteiger partial charge on any atom is 0.416 e. The lowest BCUT2D eigenvalue weighted by atomic mass is 10.1. The fraction of sp³-hybridized carbons (Fsp3) is 0.438. The van der Waals surface area contributed by atoms with Crippen LogP contribution in [0.15, 0.2) is 18.2 Å². The molecular formula is C16H17F4N5O. The molecule has 3 rings (SSSR count). The number of hydrogen-bond donors (Lipinski definition) is 2. The van der Waals surface area contributed by atoms with Crippen molar-refractivity contribution in [2.75, 3.05) is 18.4 Å². The van der Waals surface area contributed by atoms with Crippen LogP contribution in [0.25, 0.3) is 0 Å². The molecule has 1 aliphatic heterocycles. The predicted molar refractivity (Wildman–Crippen MR) is 85.3 cm³/mol. The molecule has 10 heteroatoms. The molecule has 0 atom stereocenters. The second-order valence-corrected chi connectivity index (χ2v) is 6.10. The van der Waals surface area contributed by atoms with Crippen molar-refractivity contribution in [3.8, 4) is 0 Å². The zero-order chi connectivity index (χ0) is 18.9. The summed E-state index contributed by atoms with van der Waals surface area (Å²) >= 11 is 0. The number of nitrogens with zero attached hydrogens (tertiary/aromatic N) is 3. The van der Waals surface area contributed by atoms with Crippen molar-refractivity contribution in [1.82, 2.24) is 20.3 Å². The Morgan fingerprint density at radius 1 is 1.31 bits per heavy atom. The molecule has 2 N–H and O–H groups in total. The summed E-state index contributed by atoms with van der Waals surface area (Å²) in [7, 11) is 0. The number of carbonyl (C=O) groups is 1. The summed E-state index contributed by atoms with van der Waals surface area (Å²) in [5, 5.41) is 13.2. The Morgan fingerprint density at radius 2 is 2.00 bits per heavy atom. The second-order valence-electron chi connectivity index (χ2n) is 6.10. The molecule has 0 spiro atoms. The highest BCUT2D eigenvalue weighted by Gasteiger charge is 2.31. The van der Waals surface area contributed by atoms with Gasteiger partial charge in [-0.05, 0) is 51.1 Å². The first-order valence-electron chi connectivity index (χ1n) is 8.08. The van der Waals surface area contributed by atoms with E-state index in [1.807, 2.05) is 0 Å². The van der Waals surface area contributed by atoms with Gasteiger partial charge in [-0.15, -0.1) is 5.10 Å². The number of aromatic nitrogens is 3. The number of halogens is 4.